The second-order valence-electron chi connectivity index (χ2n) is 6.28. The van der Waals surface area contributed by atoms with Crippen LogP contribution in [0.3, 0.4) is 0 Å². The summed E-state index contributed by atoms with van der Waals surface area (Å²) in [4.78, 5) is 26.7. The third-order valence-electron chi connectivity index (χ3n) is 4.19. The largest absolute Gasteiger partial charge is 0.349 e. The average Bonchev–Trinajstić information content (AvgIpc) is 3.23. The Labute approximate surface area is 173 Å². The van der Waals surface area contributed by atoms with Gasteiger partial charge in [0.2, 0.25) is 0 Å². The number of nitrogens with one attached hydrogen (secondary N) is 1. The summed E-state index contributed by atoms with van der Waals surface area (Å²) in [6, 6.07) is 12.6. The smallest absolute Gasteiger partial charge is 0.273 e. The van der Waals surface area contributed by atoms with Gasteiger partial charge in [-0.2, -0.15) is 5.26 Å². The third-order valence-corrected chi connectivity index (χ3v) is 6.35. The monoisotopic (exact) mass is 427 g/mol. The standard InChI is InChI=1S/C20H14ClN3O2S2/c21-12-3-7-14(8-4-12)24-19(26)17(10-15-2-1-9-27-15)28-20(24)16(11-22)18(25)23-13-5-6-13/h1-4,7-10,13H,5-6H2,(H,23,25)/b17-10+,20-16-. The van der Waals surface area contributed by atoms with Crippen molar-refractivity contribution < 1.29 is 4.79 Å². The summed E-state index contributed by atoms with van der Waals surface area (Å²) in [5.74, 6) is -0.448. The minimum Gasteiger partial charge on any atom is -0.349 e. The minimum atomic E-state index is -0.448. The molecule has 1 aliphatic carbocycles. The molecule has 0 unspecified atom stereocenters. The van der Waals surface area contributed by atoms with Gasteiger partial charge in [-0.3, -0.25) is 14.2 Å². The van der Waals surface area contributed by atoms with Crippen molar-refractivity contribution in [2.75, 3.05) is 0 Å². The van der Waals surface area contributed by atoms with Gasteiger partial charge in [0.1, 0.15) is 10.7 Å². The van der Waals surface area contributed by atoms with Crippen LogP contribution in [0.1, 0.15) is 17.7 Å². The van der Waals surface area contributed by atoms with E-state index in [0.29, 0.717) is 19.9 Å². The second-order valence-corrected chi connectivity index (χ2v) is 8.73. The van der Waals surface area contributed by atoms with E-state index in [1.807, 2.05) is 23.6 Å². The highest BCUT2D eigenvalue weighted by atomic mass is 35.5. The summed E-state index contributed by atoms with van der Waals surface area (Å²) >= 11 is 8.62. The number of carbonyl (C=O) groups excluding carboxylic acids is 1. The van der Waals surface area contributed by atoms with Crippen molar-refractivity contribution in [1.29, 1.82) is 5.26 Å². The summed E-state index contributed by atoms with van der Waals surface area (Å²) in [5, 5.41) is 15.0. The lowest BCUT2D eigenvalue weighted by Gasteiger charge is -2.05. The molecule has 0 saturated heterocycles. The zero-order chi connectivity index (χ0) is 19.7. The first kappa shape index (κ1) is 18.7. The number of benzene rings is 1. The molecule has 1 amide bonds. The van der Waals surface area contributed by atoms with E-state index in [1.54, 1.807) is 30.3 Å². The molecule has 140 valence electrons. The Morgan fingerprint density at radius 2 is 2.04 bits per heavy atom. The Hall–Kier alpha value is -2.66. The lowest BCUT2D eigenvalue weighted by atomic mass is 10.3. The zero-order valence-electron chi connectivity index (χ0n) is 14.5. The summed E-state index contributed by atoms with van der Waals surface area (Å²) in [6.07, 6.45) is 3.61. The second kappa shape index (κ2) is 7.76. The Morgan fingerprint density at radius 3 is 2.64 bits per heavy atom. The fourth-order valence-corrected chi connectivity index (χ4v) is 4.61. The predicted octanol–water partition coefficient (Wildman–Crippen LogP) is 2.40. The molecule has 2 aromatic heterocycles. The number of thiazole rings is 1. The number of hydrogen-bond acceptors (Lipinski definition) is 5. The maximum Gasteiger partial charge on any atom is 0.273 e. The molecule has 0 atom stereocenters. The van der Waals surface area contributed by atoms with Crippen molar-refractivity contribution >= 4 is 51.8 Å². The molecular formula is C20H14ClN3O2S2. The molecule has 1 N–H and O–H groups in total. The fourth-order valence-electron chi connectivity index (χ4n) is 2.66. The minimum absolute atomic E-state index is 0.0604. The SMILES string of the molecule is N#C/C(C(=O)NC1CC1)=c1/s/c(=C/c2cccs2)c(=O)n1-c1ccc(Cl)cc1. The predicted molar refractivity (Wildman–Crippen MR) is 112 cm³/mol. The number of amides is 1. The van der Waals surface area contributed by atoms with Gasteiger partial charge in [0, 0.05) is 15.9 Å². The van der Waals surface area contributed by atoms with Crippen LogP contribution in [0.5, 0.6) is 0 Å². The van der Waals surface area contributed by atoms with Gasteiger partial charge in [-0.05, 0) is 54.6 Å². The molecule has 1 aliphatic rings. The number of aromatic nitrogens is 1. The highest BCUT2D eigenvalue weighted by Crippen LogP contribution is 2.19. The van der Waals surface area contributed by atoms with Crippen LogP contribution in [0.15, 0.2) is 46.6 Å². The van der Waals surface area contributed by atoms with Crippen molar-refractivity contribution in [3.8, 4) is 11.8 Å². The molecule has 28 heavy (non-hydrogen) atoms. The van der Waals surface area contributed by atoms with Crippen LogP contribution in [0.4, 0.5) is 0 Å². The molecule has 8 heteroatoms. The molecule has 5 nitrogen and oxygen atoms in total. The lowest BCUT2D eigenvalue weighted by Crippen LogP contribution is -2.34. The van der Waals surface area contributed by atoms with Gasteiger partial charge in [0.05, 0.1) is 10.2 Å². The van der Waals surface area contributed by atoms with Gasteiger partial charge in [0.15, 0.2) is 5.57 Å². The highest BCUT2D eigenvalue weighted by molar-refractivity contribution is 7.11. The quantitative estimate of drug-likeness (QED) is 0.694. The third kappa shape index (κ3) is 3.80. The molecule has 0 aliphatic heterocycles. The Kier molecular flexibility index (Phi) is 5.18. The van der Waals surface area contributed by atoms with Gasteiger partial charge in [-0.15, -0.1) is 22.7 Å². The number of carbonyl (C=O) groups is 1. The van der Waals surface area contributed by atoms with E-state index < -0.39 is 5.91 Å². The topological polar surface area (TPSA) is 74.9 Å². The fraction of sp³-hybridized carbons (Fsp3) is 0.150. The number of nitrogens with zero attached hydrogens (tertiary/aromatic N) is 2. The van der Waals surface area contributed by atoms with Crippen LogP contribution < -0.4 is 20.1 Å². The van der Waals surface area contributed by atoms with Crippen LogP contribution in [-0.4, -0.2) is 16.5 Å². The van der Waals surface area contributed by atoms with Crippen molar-refractivity contribution in [1.82, 2.24) is 9.88 Å². The first-order valence-corrected chi connectivity index (χ1v) is 10.6. The average molecular weight is 428 g/mol. The molecule has 1 fully saturated rings. The van der Waals surface area contributed by atoms with E-state index in [4.69, 9.17) is 11.6 Å². The lowest BCUT2D eigenvalue weighted by molar-refractivity contribution is -0.115. The van der Waals surface area contributed by atoms with Gasteiger partial charge in [-0.1, -0.05) is 17.7 Å². The van der Waals surface area contributed by atoms with Gasteiger partial charge in [-0.25, -0.2) is 0 Å². The number of rotatable bonds is 4. The van der Waals surface area contributed by atoms with E-state index >= 15 is 0 Å². The number of halogens is 1. The molecule has 0 bridgehead atoms. The summed E-state index contributed by atoms with van der Waals surface area (Å²) in [7, 11) is 0. The van der Waals surface area contributed by atoms with Crippen molar-refractivity contribution in [3.05, 3.63) is 71.2 Å². The van der Waals surface area contributed by atoms with Crippen LogP contribution in [0.25, 0.3) is 17.3 Å². The molecule has 1 aromatic carbocycles. The van der Waals surface area contributed by atoms with E-state index in [-0.39, 0.29) is 17.2 Å². The van der Waals surface area contributed by atoms with E-state index in [0.717, 1.165) is 29.1 Å². The number of thiophene rings is 1. The van der Waals surface area contributed by atoms with E-state index in [9.17, 15) is 14.9 Å². The van der Waals surface area contributed by atoms with Crippen molar-refractivity contribution in [3.63, 3.8) is 0 Å². The number of hydrogen-bond donors (Lipinski definition) is 1. The number of nitriles is 1. The van der Waals surface area contributed by atoms with Crippen LogP contribution in [0.2, 0.25) is 5.02 Å². The maximum absolute atomic E-state index is 13.1. The molecule has 1 saturated carbocycles. The normalized spacial score (nSPS) is 15.2. The summed E-state index contributed by atoms with van der Waals surface area (Å²) in [5.41, 5.74) is 0.218. The maximum atomic E-state index is 13.1. The molecule has 3 aromatic rings. The first-order chi connectivity index (χ1) is 13.6. The van der Waals surface area contributed by atoms with Crippen LogP contribution in [0, 0.1) is 11.3 Å². The summed E-state index contributed by atoms with van der Waals surface area (Å²) in [6.45, 7) is 0. The molecule has 0 spiro atoms. The van der Waals surface area contributed by atoms with Crippen molar-refractivity contribution in [2.24, 2.45) is 0 Å². The first-order valence-electron chi connectivity index (χ1n) is 8.55. The summed E-state index contributed by atoms with van der Waals surface area (Å²) < 4.78 is 2.18. The van der Waals surface area contributed by atoms with Crippen LogP contribution >= 0.6 is 34.3 Å². The molecular weight excluding hydrogens is 414 g/mol. The Morgan fingerprint density at radius 1 is 1.29 bits per heavy atom. The van der Waals surface area contributed by atoms with Gasteiger partial charge in [0.25, 0.3) is 11.5 Å². The molecule has 2 heterocycles. The zero-order valence-corrected chi connectivity index (χ0v) is 16.9. The Balaban J connectivity index is 1.99. The highest BCUT2D eigenvalue weighted by Gasteiger charge is 2.26. The molecule has 4 rings (SSSR count). The van der Waals surface area contributed by atoms with Crippen molar-refractivity contribution in [2.45, 2.75) is 18.9 Å². The van der Waals surface area contributed by atoms with Crippen LogP contribution in [-0.2, 0) is 4.79 Å². The molecule has 0 radical (unpaired) electrons. The van der Waals surface area contributed by atoms with Gasteiger partial charge >= 0.3 is 0 Å². The van der Waals surface area contributed by atoms with E-state index in [1.165, 1.54) is 15.9 Å². The Bertz CT molecular complexity index is 1240. The van der Waals surface area contributed by atoms with Gasteiger partial charge < -0.3 is 5.32 Å². The van der Waals surface area contributed by atoms with E-state index in [2.05, 4.69) is 5.32 Å².